The van der Waals surface area contributed by atoms with Crippen LogP contribution in [0.4, 0.5) is 0 Å². The van der Waals surface area contributed by atoms with Crippen LogP contribution in [0.5, 0.6) is 0 Å². The molecular formula is C18H28N2O. The SMILES string of the molecule is CN1CCN(CC(C)(C)C(=O)c2ccccc2)CC1(C)C. The van der Waals surface area contributed by atoms with Crippen LogP contribution in [0, 0.1) is 5.41 Å². The highest BCUT2D eigenvalue weighted by Gasteiger charge is 2.36. The van der Waals surface area contributed by atoms with E-state index in [0.717, 1.165) is 31.7 Å². The topological polar surface area (TPSA) is 23.6 Å². The first kappa shape index (κ1) is 16.2. The molecule has 3 heteroatoms. The molecule has 0 amide bonds. The Hall–Kier alpha value is -1.19. The molecule has 1 aliphatic heterocycles. The largest absolute Gasteiger partial charge is 0.299 e. The van der Waals surface area contributed by atoms with E-state index in [2.05, 4.69) is 44.5 Å². The Bertz CT molecular complexity index is 493. The van der Waals surface area contributed by atoms with E-state index in [1.165, 1.54) is 0 Å². The Labute approximate surface area is 128 Å². The number of nitrogens with zero attached hydrogens (tertiary/aromatic N) is 2. The normalized spacial score (nSPS) is 20.4. The molecule has 1 heterocycles. The average Bonchev–Trinajstić information content (AvgIpc) is 2.42. The molecule has 0 radical (unpaired) electrons. The first-order valence-corrected chi connectivity index (χ1v) is 7.76. The average molecular weight is 288 g/mol. The first-order chi connectivity index (χ1) is 9.72. The van der Waals surface area contributed by atoms with Gasteiger partial charge < -0.3 is 0 Å². The van der Waals surface area contributed by atoms with Crippen LogP contribution >= 0.6 is 0 Å². The zero-order chi connectivity index (χ0) is 15.7. The molecule has 0 aliphatic carbocycles. The van der Waals surface area contributed by atoms with Crippen molar-refractivity contribution in [2.75, 3.05) is 33.2 Å². The lowest BCUT2D eigenvalue weighted by Crippen LogP contribution is -2.59. The number of benzene rings is 1. The zero-order valence-corrected chi connectivity index (χ0v) is 14.0. The van der Waals surface area contributed by atoms with Gasteiger partial charge in [-0.3, -0.25) is 14.6 Å². The molecule has 2 rings (SSSR count). The van der Waals surface area contributed by atoms with Gasteiger partial charge in [0.1, 0.15) is 0 Å². The summed E-state index contributed by atoms with van der Waals surface area (Å²) in [7, 11) is 2.18. The van der Waals surface area contributed by atoms with Crippen LogP contribution in [0.3, 0.4) is 0 Å². The summed E-state index contributed by atoms with van der Waals surface area (Å²) in [5.41, 5.74) is 0.633. The Kier molecular flexibility index (Phi) is 4.54. The lowest BCUT2D eigenvalue weighted by molar-refractivity contribution is 0.0217. The van der Waals surface area contributed by atoms with Gasteiger partial charge in [-0.2, -0.15) is 0 Å². The second-order valence-electron chi connectivity index (χ2n) is 7.52. The van der Waals surface area contributed by atoms with E-state index in [1.807, 2.05) is 30.3 Å². The smallest absolute Gasteiger partial charge is 0.169 e. The minimum absolute atomic E-state index is 0.171. The maximum atomic E-state index is 12.7. The fraction of sp³-hybridized carbons (Fsp3) is 0.611. The van der Waals surface area contributed by atoms with E-state index in [4.69, 9.17) is 0 Å². The predicted molar refractivity (Wildman–Crippen MR) is 87.7 cm³/mol. The standard InChI is InChI=1S/C18H28N2O/c1-17(2,16(21)15-9-7-6-8-10-15)13-20-12-11-19(5)18(3,4)14-20/h6-10H,11-14H2,1-5H3. The molecule has 0 atom stereocenters. The fourth-order valence-corrected chi connectivity index (χ4v) is 3.09. The molecular weight excluding hydrogens is 260 g/mol. The lowest BCUT2D eigenvalue weighted by atomic mass is 9.83. The highest BCUT2D eigenvalue weighted by Crippen LogP contribution is 2.26. The number of carbonyl (C=O) groups is 1. The molecule has 0 aromatic heterocycles. The predicted octanol–water partition coefficient (Wildman–Crippen LogP) is 2.92. The third kappa shape index (κ3) is 3.72. The lowest BCUT2D eigenvalue weighted by Gasteiger charge is -2.47. The Balaban J connectivity index is 2.06. The Morgan fingerprint density at radius 2 is 1.81 bits per heavy atom. The van der Waals surface area contributed by atoms with E-state index in [0.29, 0.717) is 0 Å². The van der Waals surface area contributed by atoms with Crippen molar-refractivity contribution in [1.29, 1.82) is 0 Å². The van der Waals surface area contributed by atoms with Gasteiger partial charge in [-0.25, -0.2) is 0 Å². The number of hydrogen-bond acceptors (Lipinski definition) is 3. The fourth-order valence-electron chi connectivity index (χ4n) is 3.09. The van der Waals surface area contributed by atoms with E-state index in [-0.39, 0.29) is 16.7 Å². The summed E-state index contributed by atoms with van der Waals surface area (Å²) in [6.07, 6.45) is 0. The molecule has 21 heavy (non-hydrogen) atoms. The third-order valence-electron chi connectivity index (χ3n) is 4.67. The zero-order valence-electron chi connectivity index (χ0n) is 14.0. The van der Waals surface area contributed by atoms with Crippen molar-refractivity contribution in [3.8, 4) is 0 Å². The number of likely N-dealkylation sites (N-methyl/N-ethyl adjacent to an activating group) is 1. The first-order valence-electron chi connectivity index (χ1n) is 7.76. The second-order valence-corrected chi connectivity index (χ2v) is 7.52. The van der Waals surface area contributed by atoms with Crippen LogP contribution < -0.4 is 0 Å². The second kappa shape index (κ2) is 5.90. The van der Waals surface area contributed by atoms with Crippen LogP contribution in [0.2, 0.25) is 0 Å². The molecule has 0 bridgehead atoms. The van der Waals surface area contributed by atoms with Gasteiger partial charge in [-0.05, 0) is 20.9 Å². The van der Waals surface area contributed by atoms with Gasteiger partial charge in [0, 0.05) is 42.7 Å². The summed E-state index contributed by atoms with van der Waals surface area (Å²) < 4.78 is 0. The molecule has 0 N–H and O–H groups in total. The van der Waals surface area contributed by atoms with E-state index in [9.17, 15) is 4.79 Å². The molecule has 3 nitrogen and oxygen atoms in total. The summed E-state index contributed by atoms with van der Waals surface area (Å²) >= 11 is 0. The van der Waals surface area contributed by atoms with Crippen LogP contribution in [-0.2, 0) is 0 Å². The van der Waals surface area contributed by atoms with Crippen LogP contribution in [-0.4, -0.2) is 54.3 Å². The maximum absolute atomic E-state index is 12.7. The van der Waals surface area contributed by atoms with Crippen LogP contribution in [0.15, 0.2) is 30.3 Å². The van der Waals surface area contributed by atoms with Crippen molar-refractivity contribution < 1.29 is 4.79 Å². The molecule has 1 fully saturated rings. The van der Waals surface area contributed by atoms with Gasteiger partial charge in [-0.15, -0.1) is 0 Å². The summed E-state index contributed by atoms with van der Waals surface area (Å²) in [5, 5.41) is 0. The van der Waals surface area contributed by atoms with E-state index < -0.39 is 0 Å². The van der Waals surface area contributed by atoms with Crippen LogP contribution in [0.25, 0.3) is 0 Å². The van der Waals surface area contributed by atoms with E-state index in [1.54, 1.807) is 0 Å². The molecule has 1 aliphatic rings. The maximum Gasteiger partial charge on any atom is 0.169 e. The number of ketones is 1. The van der Waals surface area contributed by atoms with Crippen molar-refractivity contribution in [1.82, 2.24) is 9.80 Å². The van der Waals surface area contributed by atoms with Gasteiger partial charge in [0.15, 0.2) is 5.78 Å². The summed E-state index contributed by atoms with van der Waals surface area (Å²) in [5.74, 6) is 0.236. The molecule has 0 unspecified atom stereocenters. The summed E-state index contributed by atoms with van der Waals surface area (Å²) in [6.45, 7) is 12.6. The molecule has 1 aromatic carbocycles. The number of Topliss-reactive ketones (excluding diaryl/α,β-unsaturated/α-hetero) is 1. The Morgan fingerprint density at radius 3 is 2.38 bits per heavy atom. The number of rotatable bonds is 4. The molecule has 0 saturated carbocycles. The number of carbonyl (C=O) groups excluding carboxylic acids is 1. The quantitative estimate of drug-likeness (QED) is 0.796. The van der Waals surface area contributed by atoms with Gasteiger partial charge >= 0.3 is 0 Å². The highest BCUT2D eigenvalue weighted by molar-refractivity contribution is 6.00. The van der Waals surface area contributed by atoms with E-state index >= 15 is 0 Å². The van der Waals surface area contributed by atoms with Gasteiger partial charge in [0.25, 0.3) is 0 Å². The Morgan fingerprint density at radius 1 is 1.19 bits per heavy atom. The highest BCUT2D eigenvalue weighted by atomic mass is 16.1. The van der Waals surface area contributed by atoms with Crippen molar-refractivity contribution in [2.24, 2.45) is 5.41 Å². The van der Waals surface area contributed by atoms with Gasteiger partial charge in [0.05, 0.1) is 0 Å². The van der Waals surface area contributed by atoms with Gasteiger partial charge in [0.2, 0.25) is 0 Å². The van der Waals surface area contributed by atoms with Crippen molar-refractivity contribution in [3.05, 3.63) is 35.9 Å². The van der Waals surface area contributed by atoms with Crippen LogP contribution in [0.1, 0.15) is 38.1 Å². The van der Waals surface area contributed by atoms with Crippen molar-refractivity contribution in [3.63, 3.8) is 0 Å². The minimum Gasteiger partial charge on any atom is -0.299 e. The minimum atomic E-state index is -0.354. The molecule has 1 aromatic rings. The number of piperazine rings is 1. The molecule has 1 saturated heterocycles. The summed E-state index contributed by atoms with van der Waals surface area (Å²) in [6, 6.07) is 9.65. The number of hydrogen-bond donors (Lipinski definition) is 0. The third-order valence-corrected chi connectivity index (χ3v) is 4.67. The van der Waals surface area contributed by atoms with Gasteiger partial charge in [-0.1, -0.05) is 44.2 Å². The van der Waals surface area contributed by atoms with Crippen molar-refractivity contribution in [2.45, 2.75) is 33.2 Å². The molecule has 116 valence electrons. The molecule has 0 spiro atoms. The monoisotopic (exact) mass is 288 g/mol. The summed E-state index contributed by atoms with van der Waals surface area (Å²) in [4.78, 5) is 17.6. The van der Waals surface area contributed by atoms with Crippen molar-refractivity contribution >= 4 is 5.78 Å².